The molecule has 5 nitrogen and oxygen atoms in total. The monoisotopic (exact) mass is 501 g/mol. The lowest BCUT2D eigenvalue weighted by molar-refractivity contribution is -0.132. The molecular formula is C25H18Cl3NO4. The molecule has 0 aromatic heterocycles. The third-order valence-electron chi connectivity index (χ3n) is 5.49. The second kappa shape index (κ2) is 9.10. The number of carbonyl (C=O) groups is 2. The van der Waals surface area contributed by atoms with E-state index in [0.29, 0.717) is 27.0 Å². The summed E-state index contributed by atoms with van der Waals surface area (Å²) in [6.45, 7) is 1.84. The van der Waals surface area contributed by atoms with Crippen LogP contribution in [-0.4, -0.2) is 23.9 Å². The predicted molar refractivity (Wildman–Crippen MR) is 130 cm³/mol. The van der Waals surface area contributed by atoms with Crippen LogP contribution in [0.2, 0.25) is 15.1 Å². The number of benzene rings is 3. The van der Waals surface area contributed by atoms with Gasteiger partial charge in [-0.2, -0.15) is 0 Å². The van der Waals surface area contributed by atoms with Gasteiger partial charge in [-0.1, -0.05) is 53.0 Å². The minimum absolute atomic E-state index is 0.0692. The van der Waals surface area contributed by atoms with Gasteiger partial charge in [0, 0.05) is 21.3 Å². The number of nitrogens with zero attached hydrogens (tertiary/aromatic N) is 1. The maximum Gasteiger partial charge on any atom is 0.300 e. The fourth-order valence-electron chi connectivity index (χ4n) is 3.76. The van der Waals surface area contributed by atoms with Crippen molar-refractivity contribution in [1.82, 2.24) is 0 Å². The highest BCUT2D eigenvalue weighted by atomic mass is 35.5. The second-order valence-electron chi connectivity index (χ2n) is 7.50. The van der Waals surface area contributed by atoms with Crippen molar-refractivity contribution < 1.29 is 19.4 Å². The van der Waals surface area contributed by atoms with Gasteiger partial charge in [0.05, 0.1) is 23.7 Å². The molecule has 1 aliphatic heterocycles. The van der Waals surface area contributed by atoms with Crippen LogP contribution in [0.4, 0.5) is 5.69 Å². The number of hydrogen-bond acceptors (Lipinski definition) is 4. The number of Topliss-reactive ketones (excluding diaryl/α,β-unsaturated/α-hetero) is 1. The van der Waals surface area contributed by atoms with Gasteiger partial charge in [0.15, 0.2) is 0 Å². The van der Waals surface area contributed by atoms with Crippen molar-refractivity contribution in [3.63, 3.8) is 0 Å². The normalized spacial score (nSPS) is 17.5. The molecule has 0 aliphatic carbocycles. The maximum absolute atomic E-state index is 13.2. The molecule has 0 spiro atoms. The van der Waals surface area contributed by atoms with E-state index in [-0.39, 0.29) is 21.9 Å². The molecule has 4 rings (SSSR count). The Hall–Kier alpha value is -2.99. The Labute approximate surface area is 205 Å². The third-order valence-corrected chi connectivity index (χ3v) is 6.44. The number of halogens is 3. The van der Waals surface area contributed by atoms with Crippen LogP contribution in [-0.2, 0) is 9.59 Å². The standard InChI is InChI=1S/C25H18Cl3NO4/c1-13-3-9-17(12-18(13)27)29-22(14-4-7-16(26)8-5-14)21(24(31)25(29)32)23(30)15-6-10-20(33-2)19(28)11-15/h3-12,22,30H,1-2H3/b23-21+. The lowest BCUT2D eigenvalue weighted by Crippen LogP contribution is -2.29. The summed E-state index contributed by atoms with van der Waals surface area (Å²) in [7, 11) is 1.47. The number of aryl methyl sites for hydroxylation is 1. The molecule has 1 unspecified atom stereocenters. The average Bonchev–Trinajstić information content (AvgIpc) is 3.06. The van der Waals surface area contributed by atoms with Crippen LogP contribution in [0.1, 0.15) is 22.7 Å². The van der Waals surface area contributed by atoms with Gasteiger partial charge in [-0.25, -0.2) is 0 Å². The summed E-state index contributed by atoms with van der Waals surface area (Å²) in [6.07, 6.45) is 0. The zero-order chi connectivity index (χ0) is 23.9. The van der Waals surface area contributed by atoms with Crippen molar-refractivity contribution in [1.29, 1.82) is 0 Å². The molecule has 33 heavy (non-hydrogen) atoms. The molecule has 1 saturated heterocycles. The van der Waals surface area contributed by atoms with E-state index in [4.69, 9.17) is 39.5 Å². The Morgan fingerprint density at radius 3 is 2.24 bits per heavy atom. The number of aliphatic hydroxyl groups is 1. The number of aliphatic hydroxyl groups excluding tert-OH is 1. The van der Waals surface area contributed by atoms with Gasteiger partial charge in [0.1, 0.15) is 11.5 Å². The molecule has 168 valence electrons. The minimum atomic E-state index is -0.901. The Morgan fingerprint density at radius 2 is 1.64 bits per heavy atom. The van der Waals surface area contributed by atoms with Crippen molar-refractivity contribution in [3.05, 3.63) is 98.0 Å². The number of methoxy groups -OCH3 is 1. The van der Waals surface area contributed by atoms with E-state index >= 15 is 0 Å². The zero-order valence-electron chi connectivity index (χ0n) is 17.6. The van der Waals surface area contributed by atoms with Gasteiger partial charge < -0.3 is 9.84 Å². The zero-order valence-corrected chi connectivity index (χ0v) is 19.9. The van der Waals surface area contributed by atoms with E-state index < -0.39 is 17.7 Å². The molecular weight excluding hydrogens is 485 g/mol. The molecule has 3 aromatic carbocycles. The molecule has 1 fully saturated rings. The SMILES string of the molecule is COc1ccc(/C(O)=C2\C(=O)C(=O)N(c3ccc(C)c(Cl)c3)C2c2ccc(Cl)cc2)cc1Cl. The molecule has 8 heteroatoms. The van der Waals surface area contributed by atoms with Crippen molar-refractivity contribution in [2.75, 3.05) is 12.0 Å². The van der Waals surface area contributed by atoms with Crippen LogP contribution in [0.15, 0.2) is 66.2 Å². The van der Waals surface area contributed by atoms with Crippen LogP contribution in [0.5, 0.6) is 5.75 Å². The van der Waals surface area contributed by atoms with E-state index in [9.17, 15) is 14.7 Å². The fraction of sp³-hybridized carbons (Fsp3) is 0.120. The fourth-order valence-corrected chi connectivity index (χ4v) is 4.32. The molecule has 0 bridgehead atoms. The van der Waals surface area contributed by atoms with Crippen molar-refractivity contribution >= 4 is 57.9 Å². The van der Waals surface area contributed by atoms with Crippen LogP contribution in [0, 0.1) is 6.92 Å². The Balaban J connectivity index is 1.94. The van der Waals surface area contributed by atoms with Crippen LogP contribution in [0.25, 0.3) is 5.76 Å². The number of hydrogen-bond donors (Lipinski definition) is 1. The minimum Gasteiger partial charge on any atom is -0.507 e. The first-order valence-electron chi connectivity index (χ1n) is 9.89. The van der Waals surface area contributed by atoms with Crippen LogP contribution in [0.3, 0.4) is 0 Å². The summed E-state index contributed by atoms with van der Waals surface area (Å²) in [5.74, 6) is -1.54. The van der Waals surface area contributed by atoms with Gasteiger partial charge >= 0.3 is 0 Å². The average molecular weight is 503 g/mol. The summed E-state index contributed by atoms with van der Waals surface area (Å²) in [5.41, 5.74) is 2.06. The molecule has 1 aliphatic rings. The summed E-state index contributed by atoms with van der Waals surface area (Å²) in [5, 5.41) is 12.4. The quantitative estimate of drug-likeness (QED) is 0.248. The van der Waals surface area contributed by atoms with E-state index in [2.05, 4.69) is 0 Å². The largest absolute Gasteiger partial charge is 0.507 e. The molecule has 1 N–H and O–H groups in total. The number of carbonyl (C=O) groups excluding carboxylic acids is 2. The van der Waals surface area contributed by atoms with E-state index in [1.54, 1.807) is 54.6 Å². The predicted octanol–water partition coefficient (Wildman–Crippen LogP) is 6.59. The number of anilines is 1. The van der Waals surface area contributed by atoms with Gasteiger partial charge in [0.25, 0.3) is 11.7 Å². The van der Waals surface area contributed by atoms with Crippen molar-refractivity contribution in [2.45, 2.75) is 13.0 Å². The second-order valence-corrected chi connectivity index (χ2v) is 8.75. The third kappa shape index (κ3) is 4.20. The van der Waals surface area contributed by atoms with Crippen LogP contribution >= 0.6 is 34.8 Å². The summed E-state index contributed by atoms with van der Waals surface area (Å²) < 4.78 is 5.16. The van der Waals surface area contributed by atoms with E-state index in [1.807, 2.05) is 6.92 Å². The summed E-state index contributed by atoms with van der Waals surface area (Å²) in [4.78, 5) is 27.7. The first-order chi connectivity index (χ1) is 15.7. The topological polar surface area (TPSA) is 66.8 Å². The van der Waals surface area contributed by atoms with Gasteiger partial charge in [-0.3, -0.25) is 14.5 Å². The van der Waals surface area contributed by atoms with Gasteiger partial charge in [0.2, 0.25) is 0 Å². The summed E-state index contributed by atoms with van der Waals surface area (Å²) in [6, 6.07) is 15.5. The highest BCUT2D eigenvalue weighted by Gasteiger charge is 2.47. The Kier molecular flexibility index (Phi) is 6.39. The first kappa shape index (κ1) is 23.2. The van der Waals surface area contributed by atoms with Crippen molar-refractivity contribution in [2.24, 2.45) is 0 Å². The van der Waals surface area contributed by atoms with Gasteiger partial charge in [-0.05, 0) is 60.5 Å². The highest BCUT2D eigenvalue weighted by Crippen LogP contribution is 2.43. The molecule has 0 radical (unpaired) electrons. The number of rotatable bonds is 4. The number of amides is 1. The molecule has 1 amide bonds. The number of ketones is 1. The number of ether oxygens (including phenoxy) is 1. The lowest BCUT2D eigenvalue weighted by atomic mass is 9.95. The first-order valence-corrected chi connectivity index (χ1v) is 11.0. The molecule has 1 atom stereocenters. The Bertz CT molecular complexity index is 1300. The van der Waals surface area contributed by atoms with E-state index in [1.165, 1.54) is 18.1 Å². The highest BCUT2D eigenvalue weighted by molar-refractivity contribution is 6.52. The molecule has 1 heterocycles. The molecule has 3 aromatic rings. The van der Waals surface area contributed by atoms with Crippen LogP contribution < -0.4 is 9.64 Å². The molecule has 0 saturated carbocycles. The Morgan fingerprint density at radius 1 is 0.939 bits per heavy atom. The smallest absolute Gasteiger partial charge is 0.300 e. The van der Waals surface area contributed by atoms with E-state index in [0.717, 1.165) is 5.56 Å². The lowest BCUT2D eigenvalue weighted by Gasteiger charge is -2.26. The van der Waals surface area contributed by atoms with Crippen molar-refractivity contribution in [3.8, 4) is 5.75 Å². The summed E-state index contributed by atoms with van der Waals surface area (Å²) >= 11 is 18.6. The maximum atomic E-state index is 13.2. The van der Waals surface area contributed by atoms with Gasteiger partial charge in [-0.15, -0.1) is 0 Å².